The molecule has 30 heavy (non-hydrogen) atoms. The molecule has 2 aromatic carbocycles. The lowest BCUT2D eigenvalue weighted by Crippen LogP contribution is -2.30. The van der Waals surface area contributed by atoms with Crippen molar-refractivity contribution in [3.8, 4) is 10.6 Å². The van der Waals surface area contributed by atoms with E-state index in [1.54, 1.807) is 6.20 Å². The van der Waals surface area contributed by atoms with E-state index in [1.807, 2.05) is 56.3 Å². The first-order valence-corrected chi connectivity index (χ1v) is 10.3. The molecule has 0 saturated carbocycles. The molecular formula is C21H19N7OS. The number of nitrogens with one attached hydrogen (secondary N) is 4. The van der Waals surface area contributed by atoms with Gasteiger partial charge in [-0.1, -0.05) is 23.5 Å². The summed E-state index contributed by atoms with van der Waals surface area (Å²) in [6.45, 7) is 3.87. The van der Waals surface area contributed by atoms with Gasteiger partial charge in [-0.3, -0.25) is 9.89 Å². The van der Waals surface area contributed by atoms with E-state index >= 15 is 0 Å². The number of hydrogen-bond acceptors (Lipinski definition) is 6. The van der Waals surface area contributed by atoms with Crippen molar-refractivity contribution in [2.24, 2.45) is 0 Å². The number of nitrogens with zero attached hydrogens (tertiary/aromatic N) is 3. The Hall–Kier alpha value is -3.72. The van der Waals surface area contributed by atoms with E-state index in [-0.39, 0.29) is 11.9 Å². The zero-order chi connectivity index (χ0) is 20.7. The number of anilines is 2. The average molecular weight is 417 g/mol. The average Bonchev–Trinajstić information content (AvgIpc) is 3.45. The molecule has 0 fully saturated rings. The van der Waals surface area contributed by atoms with Crippen LogP contribution in [0.15, 0.2) is 48.7 Å². The van der Waals surface area contributed by atoms with Crippen LogP contribution < -0.4 is 10.6 Å². The van der Waals surface area contributed by atoms with Gasteiger partial charge in [0.2, 0.25) is 5.13 Å². The Balaban J connectivity index is 1.38. The number of H-pyrrole nitrogens is 2. The van der Waals surface area contributed by atoms with Crippen molar-refractivity contribution in [1.82, 2.24) is 30.7 Å². The predicted octanol–water partition coefficient (Wildman–Crippen LogP) is 4.44. The van der Waals surface area contributed by atoms with Gasteiger partial charge in [0.15, 0.2) is 0 Å². The summed E-state index contributed by atoms with van der Waals surface area (Å²) in [5.41, 5.74) is 4.28. The fourth-order valence-electron chi connectivity index (χ4n) is 3.26. The summed E-state index contributed by atoms with van der Waals surface area (Å²) < 4.78 is 0. The van der Waals surface area contributed by atoms with Gasteiger partial charge in [0.05, 0.1) is 11.7 Å². The van der Waals surface area contributed by atoms with Crippen LogP contribution in [0.4, 0.5) is 10.8 Å². The first-order valence-electron chi connectivity index (χ1n) is 9.53. The first-order chi connectivity index (χ1) is 14.5. The molecule has 9 heteroatoms. The highest BCUT2D eigenvalue weighted by atomic mass is 32.1. The molecule has 0 aliphatic rings. The third kappa shape index (κ3) is 3.50. The number of amides is 1. The van der Waals surface area contributed by atoms with Gasteiger partial charge in [0.25, 0.3) is 5.91 Å². The van der Waals surface area contributed by atoms with E-state index in [0.29, 0.717) is 10.8 Å². The van der Waals surface area contributed by atoms with Crippen LogP contribution in [-0.4, -0.2) is 37.3 Å². The van der Waals surface area contributed by atoms with Gasteiger partial charge in [-0.15, -0.1) is 10.2 Å². The summed E-state index contributed by atoms with van der Waals surface area (Å²) in [4.78, 5) is 15.4. The minimum Gasteiger partial charge on any atom is -0.351 e. The Morgan fingerprint density at radius 3 is 2.80 bits per heavy atom. The molecule has 5 rings (SSSR count). The molecule has 0 unspecified atom stereocenters. The van der Waals surface area contributed by atoms with Crippen molar-refractivity contribution in [3.63, 3.8) is 0 Å². The summed E-state index contributed by atoms with van der Waals surface area (Å²) in [5, 5.41) is 25.3. The van der Waals surface area contributed by atoms with Crippen molar-refractivity contribution in [3.05, 3.63) is 54.4 Å². The van der Waals surface area contributed by atoms with E-state index in [1.165, 1.54) is 11.3 Å². The highest BCUT2D eigenvalue weighted by molar-refractivity contribution is 7.18. The Kier molecular flexibility index (Phi) is 4.44. The van der Waals surface area contributed by atoms with Crippen LogP contribution in [0.2, 0.25) is 0 Å². The molecule has 150 valence electrons. The molecule has 3 aromatic heterocycles. The molecule has 0 saturated heterocycles. The molecule has 0 aliphatic heterocycles. The second-order valence-corrected chi connectivity index (χ2v) is 8.30. The fourth-order valence-corrected chi connectivity index (χ4v) is 4.02. The number of hydrogen-bond donors (Lipinski definition) is 4. The van der Waals surface area contributed by atoms with Crippen LogP contribution in [0.25, 0.3) is 32.4 Å². The third-order valence-corrected chi connectivity index (χ3v) is 5.54. The van der Waals surface area contributed by atoms with Crippen LogP contribution in [0.1, 0.15) is 24.3 Å². The Morgan fingerprint density at radius 2 is 1.93 bits per heavy atom. The minimum atomic E-state index is -0.111. The maximum absolute atomic E-state index is 12.2. The maximum atomic E-state index is 12.2. The predicted molar refractivity (Wildman–Crippen MR) is 119 cm³/mol. The van der Waals surface area contributed by atoms with Gasteiger partial charge in [-0.25, -0.2) is 0 Å². The second-order valence-electron chi connectivity index (χ2n) is 7.32. The number of carbonyl (C=O) groups excluding carboxylic acids is 1. The molecule has 0 bridgehead atoms. The number of aromatic amines is 2. The highest BCUT2D eigenvalue weighted by Gasteiger charge is 2.13. The molecule has 0 radical (unpaired) electrons. The second kappa shape index (κ2) is 7.27. The van der Waals surface area contributed by atoms with Gasteiger partial charge in [0.1, 0.15) is 10.7 Å². The molecule has 8 nitrogen and oxygen atoms in total. The van der Waals surface area contributed by atoms with E-state index in [9.17, 15) is 4.79 Å². The summed E-state index contributed by atoms with van der Waals surface area (Å²) in [5.74, 6) is -0.111. The SMILES string of the molecule is CC(C)NC(=O)c1cc2ccc(-c3nnc(Nc4ccc5[nH]ncc5c4)s3)cc2[nH]1. The normalized spacial score (nSPS) is 11.4. The number of benzene rings is 2. The smallest absolute Gasteiger partial charge is 0.267 e. The summed E-state index contributed by atoms with van der Waals surface area (Å²) in [6.07, 6.45) is 1.79. The van der Waals surface area contributed by atoms with Gasteiger partial charge in [-0.2, -0.15) is 5.10 Å². The Bertz CT molecular complexity index is 1360. The van der Waals surface area contributed by atoms with Crippen molar-refractivity contribution in [2.75, 3.05) is 5.32 Å². The summed E-state index contributed by atoms with van der Waals surface area (Å²) >= 11 is 1.47. The molecular weight excluding hydrogens is 398 g/mol. The van der Waals surface area contributed by atoms with E-state index in [4.69, 9.17) is 0 Å². The number of rotatable bonds is 5. The third-order valence-electron chi connectivity index (χ3n) is 4.65. The lowest BCUT2D eigenvalue weighted by Gasteiger charge is -2.05. The van der Waals surface area contributed by atoms with E-state index < -0.39 is 0 Å². The fraction of sp³-hybridized carbons (Fsp3) is 0.143. The quantitative estimate of drug-likeness (QED) is 0.338. The molecule has 0 aliphatic carbocycles. The van der Waals surface area contributed by atoms with Crippen LogP contribution in [-0.2, 0) is 0 Å². The van der Waals surface area contributed by atoms with Crippen molar-refractivity contribution < 1.29 is 4.79 Å². The molecule has 0 atom stereocenters. The molecule has 5 aromatic rings. The zero-order valence-electron chi connectivity index (χ0n) is 16.4. The van der Waals surface area contributed by atoms with Gasteiger partial charge < -0.3 is 15.6 Å². The van der Waals surface area contributed by atoms with Crippen molar-refractivity contribution in [2.45, 2.75) is 19.9 Å². The molecule has 0 spiro atoms. The number of carbonyl (C=O) groups is 1. The zero-order valence-corrected chi connectivity index (χ0v) is 17.2. The molecule has 4 N–H and O–H groups in total. The van der Waals surface area contributed by atoms with E-state index in [2.05, 4.69) is 36.0 Å². The van der Waals surface area contributed by atoms with Crippen LogP contribution >= 0.6 is 11.3 Å². The van der Waals surface area contributed by atoms with Crippen LogP contribution in [0, 0.1) is 0 Å². The number of aromatic nitrogens is 5. The van der Waals surface area contributed by atoms with Gasteiger partial charge in [-0.05, 0) is 44.2 Å². The largest absolute Gasteiger partial charge is 0.351 e. The standard InChI is InChI=1S/C21H19N7OS/c1-11(2)23-19(29)18-8-12-3-4-13(9-17(12)25-18)20-27-28-21(30-20)24-15-5-6-16-14(7-15)10-22-26-16/h3-11,25H,1-2H3,(H,22,26)(H,23,29)(H,24,28). The highest BCUT2D eigenvalue weighted by Crippen LogP contribution is 2.31. The van der Waals surface area contributed by atoms with Gasteiger partial charge >= 0.3 is 0 Å². The first kappa shape index (κ1) is 18.3. The Morgan fingerprint density at radius 1 is 1.03 bits per heavy atom. The summed E-state index contributed by atoms with van der Waals surface area (Å²) in [6, 6.07) is 13.8. The van der Waals surface area contributed by atoms with E-state index in [0.717, 1.165) is 38.1 Å². The van der Waals surface area contributed by atoms with Crippen molar-refractivity contribution in [1.29, 1.82) is 0 Å². The lowest BCUT2D eigenvalue weighted by molar-refractivity contribution is 0.0939. The summed E-state index contributed by atoms with van der Waals surface area (Å²) in [7, 11) is 0. The maximum Gasteiger partial charge on any atom is 0.267 e. The van der Waals surface area contributed by atoms with Gasteiger partial charge in [0, 0.05) is 33.6 Å². The number of fused-ring (bicyclic) bond motifs is 2. The van der Waals surface area contributed by atoms with Crippen molar-refractivity contribution >= 4 is 49.9 Å². The Labute approximate surface area is 175 Å². The van der Waals surface area contributed by atoms with Crippen LogP contribution in [0.3, 0.4) is 0 Å². The topological polar surface area (TPSA) is 111 Å². The molecule has 3 heterocycles. The minimum absolute atomic E-state index is 0.0843. The molecule has 1 amide bonds. The lowest BCUT2D eigenvalue weighted by atomic mass is 10.2. The van der Waals surface area contributed by atoms with Crippen LogP contribution in [0.5, 0.6) is 0 Å². The monoisotopic (exact) mass is 417 g/mol.